The van der Waals surface area contributed by atoms with Crippen molar-refractivity contribution in [1.29, 1.82) is 0 Å². The molecule has 2 fully saturated rings. The van der Waals surface area contributed by atoms with Crippen LogP contribution in [0.4, 0.5) is 19.0 Å². The van der Waals surface area contributed by atoms with Gasteiger partial charge in [0.2, 0.25) is 5.91 Å². The van der Waals surface area contributed by atoms with Crippen LogP contribution in [0.2, 0.25) is 0 Å². The molecule has 1 saturated heterocycles. The van der Waals surface area contributed by atoms with Crippen LogP contribution in [-0.2, 0) is 24.1 Å². The van der Waals surface area contributed by atoms with Gasteiger partial charge in [0.05, 0.1) is 18.2 Å². The summed E-state index contributed by atoms with van der Waals surface area (Å²) in [5.74, 6) is 1.06. The number of aromatic nitrogens is 2. The van der Waals surface area contributed by atoms with Crippen molar-refractivity contribution >= 4 is 33.3 Å². The van der Waals surface area contributed by atoms with Crippen LogP contribution in [0.5, 0.6) is 0 Å². The number of halogens is 3. The molecule has 3 heterocycles. The standard InChI is InChI=1S/C24H25F3N4OS/c25-24(26,27)12-18-9-19-21(29-14-30-22(19)33-18)31-6-5-23(13-31)10-17(11-23)7-15-1-3-16(4-2-15)8-20(28)32/h1-4,9,14,17H,5-8,10-13H2,(H2,28,32). The number of rotatable bonds is 6. The zero-order chi connectivity index (χ0) is 23.2. The lowest BCUT2D eigenvalue weighted by atomic mass is 9.60. The smallest absolute Gasteiger partial charge is 0.369 e. The van der Waals surface area contributed by atoms with Crippen molar-refractivity contribution in [3.05, 3.63) is 52.7 Å². The predicted molar refractivity (Wildman–Crippen MR) is 122 cm³/mol. The fourth-order valence-electron chi connectivity index (χ4n) is 5.52. The lowest BCUT2D eigenvalue weighted by molar-refractivity contribution is -0.126. The van der Waals surface area contributed by atoms with E-state index >= 15 is 0 Å². The van der Waals surface area contributed by atoms with Crippen LogP contribution in [0, 0.1) is 11.3 Å². The van der Waals surface area contributed by atoms with Crippen molar-refractivity contribution in [1.82, 2.24) is 9.97 Å². The second-order valence-electron chi connectivity index (χ2n) is 9.53. The molecule has 5 nitrogen and oxygen atoms in total. The molecule has 0 radical (unpaired) electrons. The van der Waals surface area contributed by atoms with Crippen LogP contribution < -0.4 is 10.6 Å². The van der Waals surface area contributed by atoms with Gasteiger partial charge in [-0.15, -0.1) is 11.3 Å². The summed E-state index contributed by atoms with van der Waals surface area (Å²) in [5, 5.41) is 0.728. The number of fused-ring (bicyclic) bond motifs is 1. The van der Waals surface area contributed by atoms with Gasteiger partial charge in [-0.25, -0.2) is 9.97 Å². The lowest BCUT2D eigenvalue weighted by Gasteiger charge is -2.45. The predicted octanol–water partition coefficient (Wildman–Crippen LogP) is 4.67. The number of carbonyl (C=O) groups is 1. The topological polar surface area (TPSA) is 72.1 Å². The minimum atomic E-state index is -4.23. The molecule has 2 aliphatic rings. The second-order valence-corrected chi connectivity index (χ2v) is 10.6. The molecule has 1 saturated carbocycles. The van der Waals surface area contributed by atoms with Gasteiger partial charge in [0.15, 0.2) is 0 Å². The number of thiophene rings is 1. The Balaban J connectivity index is 1.22. The minimum Gasteiger partial charge on any atom is -0.369 e. The Hall–Kier alpha value is -2.68. The third-order valence-corrected chi connectivity index (χ3v) is 7.88. The highest BCUT2D eigenvalue weighted by Crippen LogP contribution is 2.53. The molecule has 2 aromatic heterocycles. The van der Waals surface area contributed by atoms with E-state index < -0.39 is 12.6 Å². The molecule has 1 spiro atoms. The van der Waals surface area contributed by atoms with Crippen LogP contribution in [0.1, 0.15) is 35.3 Å². The summed E-state index contributed by atoms with van der Waals surface area (Å²) in [4.78, 5) is 22.8. The summed E-state index contributed by atoms with van der Waals surface area (Å²) in [6, 6.07) is 9.72. The number of hydrogen-bond acceptors (Lipinski definition) is 5. The number of benzene rings is 1. The van der Waals surface area contributed by atoms with Crippen LogP contribution in [0.15, 0.2) is 36.7 Å². The molecular weight excluding hydrogens is 449 g/mol. The minimum absolute atomic E-state index is 0.263. The van der Waals surface area contributed by atoms with Crippen molar-refractivity contribution in [3.63, 3.8) is 0 Å². The van der Waals surface area contributed by atoms with Gasteiger partial charge in [0, 0.05) is 18.0 Å². The average molecular weight is 475 g/mol. The number of anilines is 1. The number of nitrogens with two attached hydrogens (primary N) is 1. The molecule has 0 atom stereocenters. The molecule has 33 heavy (non-hydrogen) atoms. The van der Waals surface area contributed by atoms with E-state index in [1.165, 1.54) is 11.9 Å². The van der Waals surface area contributed by atoms with Crippen LogP contribution in [-0.4, -0.2) is 35.1 Å². The fourth-order valence-corrected chi connectivity index (χ4v) is 6.54. The third kappa shape index (κ3) is 4.83. The molecule has 3 aromatic rings. The Morgan fingerprint density at radius 1 is 1.18 bits per heavy atom. The molecule has 174 valence electrons. The largest absolute Gasteiger partial charge is 0.393 e. The number of alkyl halides is 3. The van der Waals surface area contributed by atoms with Gasteiger partial charge in [-0.05, 0) is 54.2 Å². The molecule has 5 rings (SSSR count). The molecule has 1 amide bonds. The van der Waals surface area contributed by atoms with E-state index in [0.717, 1.165) is 66.9 Å². The van der Waals surface area contributed by atoms with Crippen molar-refractivity contribution in [2.24, 2.45) is 17.1 Å². The molecule has 1 aliphatic carbocycles. The highest BCUT2D eigenvalue weighted by Gasteiger charge is 2.48. The number of nitrogens with zero attached hydrogens (tertiary/aromatic N) is 3. The van der Waals surface area contributed by atoms with E-state index in [4.69, 9.17) is 5.73 Å². The summed E-state index contributed by atoms with van der Waals surface area (Å²) < 4.78 is 38.5. The van der Waals surface area contributed by atoms with Gasteiger partial charge in [0.1, 0.15) is 17.0 Å². The molecule has 1 aliphatic heterocycles. The summed E-state index contributed by atoms with van der Waals surface area (Å²) in [6.45, 7) is 1.75. The Labute approximate surface area is 193 Å². The molecular formula is C24H25F3N4OS. The van der Waals surface area contributed by atoms with E-state index in [1.807, 2.05) is 12.1 Å². The number of primary amides is 1. The zero-order valence-corrected chi connectivity index (χ0v) is 18.9. The van der Waals surface area contributed by atoms with E-state index in [0.29, 0.717) is 10.7 Å². The maximum absolute atomic E-state index is 12.8. The molecule has 9 heteroatoms. The van der Waals surface area contributed by atoms with Crippen molar-refractivity contribution in [3.8, 4) is 0 Å². The Kier molecular flexibility index (Phi) is 5.55. The van der Waals surface area contributed by atoms with E-state index in [1.54, 1.807) is 6.07 Å². The monoisotopic (exact) mass is 474 g/mol. The fraction of sp³-hybridized carbons (Fsp3) is 0.458. The van der Waals surface area contributed by atoms with Gasteiger partial charge >= 0.3 is 6.18 Å². The van der Waals surface area contributed by atoms with Crippen molar-refractivity contribution < 1.29 is 18.0 Å². The van der Waals surface area contributed by atoms with Gasteiger partial charge in [0.25, 0.3) is 0 Å². The first kappa shape index (κ1) is 22.1. The van der Waals surface area contributed by atoms with Crippen molar-refractivity contribution in [2.45, 2.75) is 44.7 Å². The van der Waals surface area contributed by atoms with E-state index in [-0.39, 0.29) is 22.6 Å². The quantitative estimate of drug-likeness (QED) is 0.564. The summed E-state index contributed by atoms with van der Waals surface area (Å²) in [7, 11) is 0. The molecule has 0 unspecified atom stereocenters. The summed E-state index contributed by atoms with van der Waals surface area (Å²) in [6.07, 6.45) is 0.946. The molecule has 2 N–H and O–H groups in total. The Morgan fingerprint density at radius 2 is 1.91 bits per heavy atom. The van der Waals surface area contributed by atoms with Gasteiger partial charge in [-0.2, -0.15) is 13.2 Å². The van der Waals surface area contributed by atoms with E-state index in [2.05, 4.69) is 27.0 Å². The summed E-state index contributed by atoms with van der Waals surface area (Å²) in [5.41, 5.74) is 7.72. The van der Waals surface area contributed by atoms with Crippen LogP contribution >= 0.6 is 11.3 Å². The van der Waals surface area contributed by atoms with Gasteiger partial charge in [-0.3, -0.25) is 4.79 Å². The first-order chi connectivity index (χ1) is 15.7. The maximum Gasteiger partial charge on any atom is 0.393 e. The number of hydrogen-bond donors (Lipinski definition) is 1. The molecule has 0 bridgehead atoms. The van der Waals surface area contributed by atoms with E-state index in [9.17, 15) is 18.0 Å². The van der Waals surface area contributed by atoms with Crippen LogP contribution in [0.3, 0.4) is 0 Å². The Bertz CT molecular complexity index is 1170. The van der Waals surface area contributed by atoms with Gasteiger partial charge < -0.3 is 10.6 Å². The van der Waals surface area contributed by atoms with Crippen molar-refractivity contribution in [2.75, 3.05) is 18.0 Å². The number of carbonyl (C=O) groups excluding carboxylic acids is 1. The summed E-state index contributed by atoms with van der Waals surface area (Å²) >= 11 is 1.10. The Morgan fingerprint density at radius 3 is 2.61 bits per heavy atom. The SMILES string of the molecule is NC(=O)Cc1ccc(CC2CC3(CCN(c4ncnc5sc(CC(F)(F)F)cc45)C3)C2)cc1. The zero-order valence-electron chi connectivity index (χ0n) is 18.1. The maximum atomic E-state index is 12.8. The normalized spacial score (nSPS) is 22.8. The van der Waals surface area contributed by atoms with Gasteiger partial charge in [-0.1, -0.05) is 24.3 Å². The van der Waals surface area contributed by atoms with Crippen LogP contribution in [0.25, 0.3) is 10.2 Å². The highest BCUT2D eigenvalue weighted by molar-refractivity contribution is 7.18. The second kappa shape index (κ2) is 8.27. The highest BCUT2D eigenvalue weighted by atomic mass is 32.1. The lowest BCUT2D eigenvalue weighted by Crippen LogP contribution is -2.40. The average Bonchev–Trinajstić information content (AvgIpc) is 3.31. The first-order valence-corrected chi connectivity index (χ1v) is 11.9. The number of amides is 1. The third-order valence-electron chi connectivity index (χ3n) is 6.84. The first-order valence-electron chi connectivity index (χ1n) is 11.1. The molecule has 1 aromatic carbocycles.